The van der Waals surface area contributed by atoms with Crippen molar-refractivity contribution in [2.75, 3.05) is 19.4 Å². The number of aryl methyl sites for hydroxylation is 2. The van der Waals surface area contributed by atoms with E-state index in [2.05, 4.69) is 5.32 Å². The van der Waals surface area contributed by atoms with Crippen molar-refractivity contribution >= 4 is 21.6 Å². The van der Waals surface area contributed by atoms with E-state index in [4.69, 9.17) is 4.42 Å². The van der Waals surface area contributed by atoms with Crippen LogP contribution in [-0.4, -0.2) is 32.7 Å². The van der Waals surface area contributed by atoms with Gasteiger partial charge in [-0.3, -0.25) is 4.79 Å². The van der Waals surface area contributed by atoms with E-state index < -0.39 is 15.9 Å². The number of nitrogens with one attached hydrogen (secondary N) is 1. The van der Waals surface area contributed by atoms with Crippen molar-refractivity contribution in [3.63, 3.8) is 0 Å². The summed E-state index contributed by atoms with van der Waals surface area (Å²) in [5, 5.41) is 2.53. The zero-order valence-corrected chi connectivity index (χ0v) is 13.8. The lowest BCUT2D eigenvalue weighted by atomic mass is 10.1. The molecule has 1 amide bonds. The number of carbonyl (C=O) groups excluding carboxylic acids is 1. The first kappa shape index (κ1) is 15.8. The van der Waals surface area contributed by atoms with Gasteiger partial charge in [0.15, 0.2) is 0 Å². The highest BCUT2D eigenvalue weighted by atomic mass is 32.2. The minimum Gasteiger partial charge on any atom is -0.451 e. The smallest absolute Gasteiger partial charge is 0.275 e. The van der Waals surface area contributed by atoms with Gasteiger partial charge < -0.3 is 9.73 Å². The summed E-state index contributed by atoms with van der Waals surface area (Å²) >= 11 is 0. The molecule has 122 valence electrons. The minimum absolute atomic E-state index is 0.172. The molecule has 0 aliphatic heterocycles. The predicted octanol–water partition coefficient (Wildman–Crippen LogP) is 2.27. The predicted molar refractivity (Wildman–Crippen MR) is 86.0 cm³/mol. The summed E-state index contributed by atoms with van der Waals surface area (Å²) in [4.78, 5) is 12.2. The third kappa shape index (κ3) is 3.02. The van der Waals surface area contributed by atoms with E-state index in [1.807, 2.05) is 18.2 Å². The van der Waals surface area contributed by atoms with Gasteiger partial charge in [-0.05, 0) is 42.5 Å². The van der Waals surface area contributed by atoms with Gasteiger partial charge in [-0.25, -0.2) is 12.7 Å². The van der Waals surface area contributed by atoms with Crippen molar-refractivity contribution in [1.82, 2.24) is 4.31 Å². The molecule has 1 aliphatic rings. The highest BCUT2D eigenvalue weighted by molar-refractivity contribution is 7.88. The Hall–Kier alpha value is -2.12. The van der Waals surface area contributed by atoms with Crippen LogP contribution >= 0.6 is 0 Å². The van der Waals surface area contributed by atoms with Gasteiger partial charge >= 0.3 is 0 Å². The van der Waals surface area contributed by atoms with Crippen molar-refractivity contribution in [2.24, 2.45) is 0 Å². The monoisotopic (exact) mass is 334 g/mol. The SMILES string of the molecule is CN(C)S(=O)(=O)c1cc(C(=O)Nc2ccc3c(c2)CCC3)co1. The van der Waals surface area contributed by atoms with Gasteiger partial charge in [0.25, 0.3) is 15.9 Å². The Morgan fingerprint density at radius 3 is 2.65 bits per heavy atom. The molecule has 0 fully saturated rings. The molecule has 3 rings (SSSR count). The summed E-state index contributed by atoms with van der Waals surface area (Å²) in [7, 11) is -0.874. The van der Waals surface area contributed by atoms with Crippen LogP contribution < -0.4 is 5.32 Å². The highest BCUT2D eigenvalue weighted by Gasteiger charge is 2.23. The normalized spacial score (nSPS) is 14.0. The number of nitrogens with zero attached hydrogens (tertiary/aromatic N) is 1. The molecule has 23 heavy (non-hydrogen) atoms. The topological polar surface area (TPSA) is 79.6 Å². The van der Waals surface area contributed by atoms with Crippen LogP contribution in [0.3, 0.4) is 0 Å². The van der Waals surface area contributed by atoms with Crippen molar-refractivity contribution in [3.05, 3.63) is 47.2 Å². The zero-order valence-electron chi connectivity index (χ0n) is 13.0. The number of carbonyl (C=O) groups is 1. The number of sulfonamides is 1. The molecular formula is C16H18N2O4S. The average molecular weight is 334 g/mol. The average Bonchev–Trinajstić information content (AvgIpc) is 3.16. The second-order valence-corrected chi connectivity index (χ2v) is 7.82. The number of amides is 1. The molecule has 7 heteroatoms. The van der Waals surface area contributed by atoms with E-state index in [9.17, 15) is 13.2 Å². The fraction of sp³-hybridized carbons (Fsp3) is 0.312. The number of hydrogen-bond donors (Lipinski definition) is 1. The maximum atomic E-state index is 12.2. The quantitative estimate of drug-likeness (QED) is 0.930. The Kier molecular flexibility index (Phi) is 3.99. The second kappa shape index (κ2) is 5.82. The van der Waals surface area contributed by atoms with Gasteiger partial charge in [-0.1, -0.05) is 6.07 Å². The van der Waals surface area contributed by atoms with Crippen LogP contribution in [0.5, 0.6) is 0 Å². The molecule has 2 aromatic rings. The molecule has 1 aliphatic carbocycles. The fourth-order valence-corrected chi connectivity index (χ4v) is 3.41. The number of fused-ring (bicyclic) bond motifs is 1. The Balaban J connectivity index is 1.78. The van der Waals surface area contributed by atoms with E-state index in [1.54, 1.807) is 0 Å². The fourth-order valence-electron chi connectivity index (χ4n) is 2.60. The lowest BCUT2D eigenvalue weighted by Crippen LogP contribution is -2.21. The largest absolute Gasteiger partial charge is 0.451 e. The van der Waals surface area contributed by atoms with Crippen LogP contribution in [-0.2, 0) is 22.9 Å². The number of benzene rings is 1. The van der Waals surface area contributed by atoms with Crippen LogP contribution in [0.1, 0.15) is 27.9 Å². The number of furan rings is 1. The summed E-state index contributed by atoms with van der Waals surface area (Å²) in [5.74, 6) is -0.396. The van der Waals surface area contributed by atoms with Crippen molar-refractivity contribution in [2.45, 2.75) is 24.4 Å². The molecular weight excluding hydrogens is 316 g/mol. The van der Waals surface area contributed by atoms with Crippen LogP contribution in [0.4, 0.5) is 5.69 Å². The summed E-state index contributed by atoms with van der Waals surface area (Å²) in [6.45, 7) is 0. The van der Waals surface area contributed by atoms with Gasteiger partial charge in [0.2, 0.25) is 5.09 Å². The Bertz CT molecular complexity index is 853. The van der Waals surface area contributed by atoms with Gasteiger partial charge in [-0.2, -0.15) is 0 Å². The van der Waals surface area contributed by atoms with E-state index in [1.165, 1.54) is 31.3 Å². The molecule has 1 aromatic carbocycles. The molecule has 0 spiro atoms. The Morgan fingerprint density at radius 1 is 1.17 bits per heavy atom. The highest BCUT2D eigenvalue weighted by Crippen LogP contribution is 2.25. The number of rotatable bonds is 4. The van der Waals surface area contributed by atoms with E-state index in [0.29, 0.717) is 5.69 Å². The third-order valence-corrected chi connectivity index (χ3v) is 5.61. The summed E-state index contributed by atoms with van der Waals surface area (Å²) < 4.78 is 30.0. The first-order chi connectivity index (χ1) is 10.9. The van der Waals surface area contributed by atoms with Gasteiger partial charge in [0.05, 0.1) is 5.56 Å². The number of anilines is 1. The van der Waals surface area contributed by atoms with E-state index in [0.717, 1.165) is 29.8 Å². The molecule has 0 atom stereocenters. The van der Waals surface area contributed by atoms with Crippen molar-refractivity contribution < 1.29 is 17.6 Å². The van der Waals surface area contributed by atoms with Gasteiger partial charge in [0.1, 0.15) is 6.26 Å². The third-order valence-electron chi connectivity index (χ3n) is 3.93. The standard InChI is InChI=1S/C16H18N2O4S/c1-18(2)23(20,21)15-9-13(10-22-15)16(19)17-14-7-6-11-4-3-5-12(11)8-14/h6-10H,3-5H2,1-2H3,(H,17,19). The first-order valence-corrected chi connectivity index (χ1v) is 8.76. The molecule has 0 bridgehead atoms. The van der Waals surface area contributed by atoms with Crippen molar-refractivity contribution in [1.29, 1.82) is 0 Å². The molecule has 0 saturated heterocycles. The molecule has 1 aromatic heterocycles. The molecule has 0 saturated carbocycles. The molecule has 1 N–H and O–H groups in total. The summed E-state index contributed by atoms with van der Waals surface area (Å²) in [5.41, 5.74) is 3.45. The number of hydrogen-bond acceptors (Lipinski definition) is 4. The maximum absolute atomic E-state index is 12.2. The molecule has 6 nitrogen and oxygen atoms in total. The first-order valence-electron chi connectivity index (χ1n) is 7.32. The maximum Gasteiger partial charge on any atom is 0.275 e. The molecule has 1 heterocycles. The van der Waals surface area contributed by atoms with Crippen molar-refractivity contribution in [3.8, 4) is 0 Å². The van der Waals surface area contributed by atoms with E-state index in [-0.39, 0.29) is 10.7 Å². The van der Waals surface area contributed by atoms with Crippen LogP contribution in [0, 0.1) is 0 Å². The molecule has 0 radical (unpaired) electrons. The molecule has 0 unspecified atom stereocenters. The van der Waals surface area contributed by atoms with Crippen LogP contribution in [0.25, 0.3) is 0 Å². The Morgan fingerprint density at radius 2 is 1.91 bits per heavy atom. The van der Waals surface area contributed by atoms with E-state index >= 15 is 0 Å². The van der Waals surface area contributed by atoms with Crippen LogP contribution in [0.15, 0.2) is 40.0 Å². The van der Waals surface area contributed by atoms with Crippen LogP contribution in [0.2, 0.25) is 0 Å². The van der Waals surface area contributed by atoms with Gasteiger partial charge in [0, 0.05) is 25.8 Å². The van der Waals surface area contributed by atoms with Gasteiger partial charge in [-0.15, -0.1) is 0 Å². The minimum atomic E-state index is -3.68. The zero-order chi connectivity index (χ0) is 16.6. The lowest BCUT2D eigenvalue weighted by Gasteiger charge is -2.07. The lowest BCUT2D eigenvalue weighted by molar-refractivity contribution is 0.102. The summed E-state index contributed by atoms with van der Waals surface area (Å²) in [6.07, 6.45) is 4.40. The summed E-state index contributed by atoms with van der Waals surface area (Å²) in [6, 6.07) is 7.09. The second-order valence-electron chi connectivity index (χ2n) is 5.73. The Labute approximate surface area is 135 Å².